The van der Waals surface area contributed by atoms with E-state index in [2.05, 4.69) is 24.6 Å². The van der Waals surface area contributed by atoms with Crippen LogP contribution >= 0.6 is 11.5 Å². The zero-order chi connectivity index (χ0) is 21.7. The fraction of sp³-hybridized carbons (Fsp3) is 0.400. The fourth-order valence-electron chi connectivity index (χ4n) is 3.36. The molecule has 1 N–H and O–H groups in total. The lowest BCUT2D eigenvalue weighted by Gasteiger charge is -2.16. The lowest BCUT2D eigenvalue weighted by atomic mass is 9.99. The molecule has 3 aromatic rings. The highest BCUT2D eigenvalue weighted by atomic mass is 32.1. The number of rotatable bonds is 4. The topological polar surface area (TPSA) is 72.8 Å². The molecule has 0 saturated heterocycles. The number of pyridine rings is 2. The van der Waals surface area contributed by atoms with Crippen LogP contribution in [0.2, 0.25) is 0 Å². The third-order valence-electron chi connectivity index (χ3n) is 4.70. The van der Waals surface area contributed by atoms with E-state index < -0.39 is 11.7 Å². The number of hydrogen-bond donors (Lipinski definition) is 1. The molecule has 0 saturated carbocycles. The molecule has 0 atom stereocenters. The molecule has 0 amide bonds. The van der Waals surface area contributed by atoms with Crippen LogP contribution in [-0.4, -0.2) is 24.9 Å². The van der Waals surface area contributed by atoms with Gasteiger partial charge in [-0.1, -0.05) is 13.8 Å². The second-order valence-corrected chi connectivity index (χ2v) is 8.83. The molecule has 0 bridgehead atoms. The zero-order valence-corrected chi connectivity index (χ0v) is 17.6. The van der Waals surface area contributed by atoms with E-state index in [1.165, 1.54) is 6.20 Å². The molecular weight excluding hydrogens is 415 g/mol. The van der Waals surface area contributed by atoms with Gasteiger partial charge >= 0.3 is 6.18 Å². The third kappa shape index (κ3) is 4.09. The van der Waals surface area contributed by atoms with Gasteiger partial charge in [-0.2, -0.15) is 22.5 Å². The highest BCUT2D eigenvalue weighted by molar-refractivity contribution is 7.09. The Kier molecular flexibility index (Phi) is 4.92. The highest BCUT2D eigenvalue weighted by Crippen LogP contribution is 2.38. The monoisotopic (exact) mass is 435 g/mol. The van der Waals surface area contributed by atoms with E-state index in [9.17, 15) is 13.2 Å². The normalized spacial score (nSPS) is 15.2. The van der Waals surface area contributed by atoms with E-state index in [1.54, 1.807) is 20.0 Å². The van der Waals surface area contributed by atoms with Crippen LogP contribution in [0.15, 0.2) is 24.5 Å². The Morgan fingerprint density at radius 2 is 1.93 bits per heavy atom. The quantitative estimate of drug-likeness (QED) is 0.576. The van der Waals surface area contributed by atoms with Gasteiger partial charge < -0.3 is 10.1 Å². The Hall–Kier alpha value is -2.75. The molecule has 1 aliphatic heterocycles. The Bertz CT molecular complexity index is 1090. The van der Waals surface area contributed by atoms with Crippen molar-refractivity contribution in [3.05, 3.63) is 41.2 Å². The van der Waals surface area contributed by atoms with Gasteiger partial charge in [0.1, 0.15) is 22.9 Å². The average Bonchev–Trinajstić information content (AvgIpc) is 3.22. The van der Waals surface area contributed by atoms with Crippen molar-refractivity contribution in [2.24, 2.45) is 0 Å². The second-order valence-electron chi connectivity index (χ2n) is 8.07. The van der Waals surface area contributed by atoms with Crippen molar-refractivity contribution < 1.29 is 17.9 Å². The first-order valence-corrected chi connectivity index (χ1v) is 10.2. The van der Waals surface area contributed by atoms with Crippen molar-refractivity contribution in [1.82, 2.24) is 19.3 Å². The highest BCUT2D eigenvalue weighted by Gasteiger charge is 2.35. The summed E-state index contributed by atoms with van der Waals surface area (Å²) in [6.07, 6.45) is -0.814. The molecule has 1 aliphatic rings. The first-order chi connectivity index (χ1) is 14.0. The van der Waals surface area contributed by atoms with Crippen LogP contribution in [0.4, 0.5) is 24.1 Å². The molecule has 10 heteroatoms. The van der Waals surface area contributed by atoms with Crippen LogP contribution in [0.25, 0.3) is 11.5 Å². The van der Waals surface area contributed by atoms with Gasteiger partial charge in [0.15, 0.2) is 5.82 Å². The minimum Gasteiger partial charge on any atom is -0.486 e. The largest absolute Gasteiger partial charge is 0.486 e. The maximum Gasteiger partial charge on any atom is 0.416 e. The number of fused-ring (bicyclic) bond motifs is 1. The second kappa shape index (κ2) is 7.19. The Balaban J connectivity index is 1.58. The minimum atomic E-state index is -4.46. The van der Waals surface area contributed by atoms with Crippen molar-refractivity contribution in [3.63, 3.8) is 0 Å². The van der Waals surface area contributed by atoms with Crippen LogP contribution < -0.4 is 10.1 Å². The zero-order valence-electron chi connectivity index (χ0n) is 16.8. The first-order valence-electron chi connectivity index (χ1n) is 9.38. The number of alkyl halides is 3. The summed E-state index contributed by atoms with van der Waals surface area (Å²) in [7, 11) is 0. The van der Waals surface area contributed by atoms with Crippen molar-refractivity contribution in [3.8, 4) is 17.3 Å². The van der Waals surface area contributed by atoms with Crippen LogP contribution in [0, 0.1) is 0 Å². The summed E-state index contributed by atoms with van der Waals surface area (Å²) in [5.41, 5.74) is 0.768. The average molecular weight is 435 g/mol. The molecule has 0 aromatic carbocycles. The van der Waals surface area contributed by atoms with Crippen molar-refractivity contribution in [1.29, 1.82) is 0 Å². The van der Waals surface area contributed by atoms with Crippen LogP contribution in [0.1, 0.15) is 50.3 Å². The smallest absolute Gasteiger partial charge is 0.416 e. The molecule has 30 heavy (non-hydrogen) atoms. The maximum absolute atomic E-state index is 13.4. The van der Waals surface area contributed by atoms with Crippen molar-refractivity contribution >= 4 is 22.5 Å². The molecule has 4 heterocycles. The molecule has 0 fully saturated rings. The summed E-state index contributed by atoms with van der Waals surface area (Å²) in [4.78, 5) is 12.8. The van der Waals surface area contributed by atoms with Crippen LogP contribution in [0.3, 0.4) is 0 Å². The van der Waals surface area contributed by atoms with E-state index in [0.717, 1.165) is 35.3 Å². The Morgan fingerprint density at radius 3 is 2.63 bits per heavy atom. The van der Waals surface area contributed by atoms with Crippen molar-refractivity contribution in [2.45, 2.75) is 51.8 Å². The molecule has 0 aliphatic carbocycles. The fourth-order valence-corrected chi connectivity index (χ4v) is 3.94. The summed E-state index contributed by atoms with van der Waals surface area (Å²) in [5.74, 6) is 0.902. The molecule has 0 spiro atoms. The lowest BCUT2D eigenvalue weighted by Crippen LogP contribution is -2.24. The van der Waals surface area contributed by atoms with Gasteiger partial charge in [-0.05, 0) is 37.5 Å². The predicted molar refractivity (Wildman–Crippen MR) is 108 cm³/mol. The van der Waals surface area contributed by atoms with Gasteiger partial charge in [-0.15, -0.1) is 0 Å². The number of hydrogen-bond acceptors (Lipinski definition) is 7. The molecule has 3 aromatic heterocycles. The van der Waals surface area contributed by atoms with Gasteiger partial charge in [0, 0.05) is 29.7 Å². The molecule has 0 unspecified atom stereocenters. The number of halogens is 3. The van der Waals surface area contributed by atoms with Gasteiger partial charge in [-0.25, -0.2) is 9.97 Å². The van der Waals surface area contributed by atoms with E-state index in [-0.39, 0.29) is 22.9 Å². The summed E-state index contributed by atoms with van der Waals surface area (Å²) in [6.45, 7) is 7.41. The number of aromatic nitrogens is 4. The summed E-state index contributed by atoms with van der Waals surface area (Å²) < 4.78 is 50.3. The Labute approximate surface area is 175 Å². The van der Waals surface area contributed by atoms with Gasteiger partial charge in [0.05, 0.1) is 11.8 Å². The summed E-state index contributed by atoms with van der Waals surface area (Å²) in [6, 6.07) is 2.89. The summed E-state index contributed by atoms with van der Waals surface area (Å²) in [5, 5.41) is 3.15. The number of anilines is 2. The molecule has 158 valence electrons. The van der Waals surface area contributed by atoms with Crippen molar-refractivity contribution in [2.75, 3.05) is 5.32 Å². The van der Waals surface area contributed by atoms with Gasteiger partial charge in [0.25, 0.3) is 0 Å². The van der Waals surface area contributed by atoms with E-state index in [4.69, 9.17) is 4.74 Å². The standard InChI is InChI=1S/C20H20F3N5OS/c1-10(2)12-8-25-16(6-13(12)20(21,22)23)26-18-27-17(28-30-18)14-5-11-7-19(3,4)29-15(11)9-24-14/h5-6,8-10H,7H2,1-4H3,(H,25,26,27,28). The number of nitrogens with zero attached hydrogens (tertiary/aromatic N) is 4. The predicted octanol–water partition coefficient (Wildman–Crippen LogP) is 5.59. The summed E-state index contributed by atoms with van der Waals surface area (Å²) >= 11 is 1.03. The van der Waals surface area contributed by atoms with Gasteiger partial charge in [0.2, 0.25) is 5.13 Å². The SMILES string of the molecule is CC(C)c1cnc(Nc2nc(-c3cc4c(cn3)OC(C)(C)C4)ns2)cc1C(F)(F)F. The van der Waals surface area contributed by atoms with E-state index in [0.29, 0.717) is 16.6 Å². The molecule has 4 rings (SSSR count). The third-order valence-corrected chi connectivity index (χ3v) is 5.33. The minimum absolute atomic E-state index is 0.0616. The van der Waals surface area contributed by atoms with Crippen LogP contribution in [0.5, 0.6) is 5.75 Å². The number of ether oxygens (including phenoxy) is 1. The molecule has 0 radical (unpaired) electrons. The Morgan fingerprint density at radius 1 is 1.17 bits per heavy atom. The lowest BCUT2D eigenvalue weighted by molar-refractivity contribution is -0.138. The van der Waals surface area contributed by atoms with E-state index >= 15 is 0 Å². The first kappa shape index (κ1) is 20.5. The maximum atomic E-state index is 13.4. The van der Waals surface area contributed by atoms with E-state index in [1.807, 2.05) is 19.9 Å². The number of nitrogens with one attached hydrogen (secondary N) is 1. The van der Waals surface area contributed by atoms with Crippen LogP contribution in [-0.2, 0) is 12.6 Å². The molecule has 6 nitrogen and oxygen atoms in total. The molecular formula is C20H20F3N5OS. The van der Waals surface area contributed by atoms with Gasteiger partial charge in [-0.3, -0.25) is 0 Å².